The lowest BCUT2D eigenvalue weighted by Crippen LogP contribution is -1.90. The number of nitrogens with two attached hydrogens (primary N) is 1. The highest BCUT2D eigenvalue weighted by molar-refractivity contribution is 6.02. The molecule has 0 atom stereocenters. The smallest absolute Gasteiger partial charge is 0.277 e. The Balaban J connectivity index is 0.000000149. The minimum atomic E-state index is -0.336. The second-order valence-electron chi connectivity index (χ2n) is 8.41. The molecular weight excluding hydrogens is 444 g/mol. The summed E-state index contributed by atoms with van der Waals surface area (Å²) < 4.78 is 0. The molecule has 2 N–H and O–H groups in total. The molecule has 0 aliphatic carbocycles. The molecule has 36 heavy (non-hydrogen) atoms. The van der Waals surface area contributed by atoms with Gasteiger partial charge >= 0.3 is 0 Å². The molecule has 0 fully saturated rings. The van der Waals surface area contributed by atoms with Gasteiger partial charge in [-0.1, -0.05) is 115 Å². The average molecular weight is 469 g/mol. The van der Waals surface area contributed by atoms with Crippen LogP contribution in [0.4, 0.5) is 11.4 Å². The van der Waals surface area contributed by atoms with Crippen LogP contribution in [0.5, 0.6) is 0 Å². The summed E-state index contributed by atoms with van der Waals surface area (Å²) in [5.41, 5.74) is 11.5. The summed E-state index contributed by atoms with van der Waals surface area (Å²) in [6, 6.07) is 43.4. The number of hydrogen-bond acceptors (Lipinski definition) is 3. The molecule has 0 amide bonds. The predicted octanol–water partition coefficient (Wildman–Crippen LogP) is 8.50. The molecule has 4 nitrogen and oxygen atoms in total. The van der Waals surface area contributed by atoms with Crippen molar-refractivity contribution in [3.8, 4) is 22.3 Å². The van der Waals surface area contributed by atoms with E-state index in [2.05, 4.69) is 48.5 Å². The molecule has 0 saturated carbocycles. The van der Waals surface area contributed by atoms with Gasteiger partial charge in [0.2, 0.25) is 0 Å². The first-order chi connectivity index (χ1) is 17.6. The molecule has 0 spiro atoms. The predicted molar refractivity (Wildman–Crippen MR) is 150 cm³/mol. The van der Waals surface area contributed by atoms with Gasteiger partial charge in [0.15, 0.2) is 0 Å². The molecule has 0 aliphatic heterocycles. The van der Waals surface area contributed by atoms with Crippen molar-refractivity contribution in [2.45, 2.75) is 0 Å². The standard InChI is InChI=1S/C16H11NO2.C16H13N/c18-17(19)16-11-5-9-14-13(8-4-10-15(14)16)12-6-2-1-3-7-12;17-16-11-5-9-14-13(8-4-10-15(14)16)12-6-2-1-3-7-12/h1-11H;1-11H,17H2. The van der Waals surface area contributed by atoms with Crippen molar-refractivity contribution >= 4 is 32.9 Å². The van der Waals surface area contributed by atoms with Gasteiger partial charge in [0.05, 0.1) is 10.3 Å². The van der Waals surface area contributed by atoms with Gasteiger partial charge in [0.1, 0.15) is 0 Å². The first kappa shape index (κ1) is 22.8. The van der Waals surface area contributed by atoms with Crippen LogP contribution in [0.15, 0.2) is 133 Å². The highest BCUT2D eigenvalue weighted by Gasteiger charge is 2.13. The Hall–Kier alpha value is -4.96. The fourth-order valence-corrected chi connectivity index (χ4v) is 4.53. The van der Waals surface area contributed by atoms with E-state index in [0.29, 0.717) is 5.39 Å². The minimum absolute atomic E-state index is 0.148. The fraction of sp³-hybridized carbons (Fsp3) is 0. The normalized spacial score (nSPS) is 10.6. The fourth-order valence-electron chi connectivity index (χ4n) is 4.53. The highest BCUT2D eigenvalue weighted by atomic mass is 16.6. The first-order valence-corrected chi connectivity index (χ1v) is 11.7. The summed E-state index contributed by atoms with van der Waals surface area (Å²) >= 11 is 0. The Bertz CT molecular complexity index is 1660. The van der Waals surface area contributed by atoms with Gasteiger partial charge in [-0.3, -0.25) is 10.1 Å². The van der Waals surface area contributed by atoms with Gasteiger partial charge in [-0.25, -0.2) is 0 Å². The van der Waals surface area contributed by atoms with E-state index in [-0.39, 0.29) is 10.6 Å². The number of fused-ring (bicyclic) bond motifs is 2. The number of anilines is 1. The third-order valence-corrected chi connectivity index (χ3v) is 6.22. The summed E-state index contributed by atoms with van der Waals surface area (Å²) in [5.74, 6) is 0. The number of nitrogens with zero attached hydrogens (tertiary/aromatic N) is 1. The summed E-state index contributed by atoms with van der Waals surface area (Å²) in [6.45, 7) is 0. The van der Waals surface area contributed by atoms with Gasteiger partial charge < -0.3 is 5.73 Å². The number of hydrogen-bond donors (Lipinski definition) is 1. The van der Waals surface area contributed by atoms with Gasteiger partial charge in [0, 0.05) is 17.1 Å². The lowest BCUT2D eigenvalue weighted by molar-refractivity contribution is -0.383. The van der Waals surface area contributed by atoms with E-state index >= 15 is 0 Å². The molecule has 0 radical (unpaired) electrons. The Morgan fingerprint density at radius 3 is 1.47 bits per heavy atom. The van der Waals surface area contributed by atoms with Crippen LogP contribution in [-0.4, -0.2) is 4.92 Å². The van der Waals surface area contributed by atoms with Crippen LogP contribution >= 0.6 is 0 Å². The second-order valence-corrected chi connectivity index (χ2v) is 8.41. The number of nitrogen functional groups attached to an aromatic ring is 1. The number of nitro groups is 1. The van der Waals surface area contributed by atoms with Crippen LogP contribution < -0.4 is 5.73 Å². The third kappa shape index (κ3) is 4.52. The molecule has 4 heteroatoms. The van der Waals surface area contributed by atoms with E-state index in [1.54, 1.807) is 12.1 Å². The molecule has 0 aliphatic rings. The lowest BCUT2D eigenvalue weighted by Gasteiger charge is -2.08. The molecule has 0 bridgehead atoms. The van der Waals surface area contributed by atoms with Gasteiger partial charge in [-0.05, 0) is 45.2 Å². The summed E-state index contributed by atoms with van der Waals surface area (Å²) in [7, 11) is 0. The number of rotatable bonds is 3. The number of nitro benzene ring substituents is 1. The van der Waals surface area contributed by atoms with Gasteiger partial charge in [-0.15, -0.1) is 0 Å². The Labute approximate surface area is 209 Å². The average Bonchev–Trinajstić information content (AvgIpc) is 2.93. The zero-order valence-electron chi connectivity index (χ0n) is 19.5. The van der Waals surface area contributed by atoms with Crippen molar-refractivity contribution in [2.24, 2.45) is 0 Å². The maximum Gasteiger partial charge on any atom is 0.277 e. The molecule has 0 aromatic heterocycles. The monoisotopic (exact) mass is 468 g/mol. The van der Waals surface area contributed by atoms with Crippen molar-refractivity contribution in [3.63, 3.8) is 0 Å². The number of benzene rings is 6. The summed E-state index contributed by atoms with van der Waals surface area (Å²) in [4.78, 5) is 10.7. The minimum Gasteiger partial charge on any atom is -0.398 e. The topological polar surface area (TPSA) is 69.2 Å². The molecule has 0 heterocycles. The molecule has 6 rings (SSSR count). The maximum atomic E-state index is 11.1. The molecule has 0 saturated heterocycles. The number of non-ortho nitro benzene ring substituents is 1. The van der Waals surface area contributed by atoms with Crippen LogP contribution in [0.25, 0.3) is 43.8 Å². The third-order valence-electron chi connectivity index (χ3n) is 6.22. The molecule has 6 aromatic carbocycles. The summed E-state index contributed by atoms with van der Waals surface area (Å²) in [6.07, 6.45) is 0. The van der Waals surface area contributed by atoms with E-state index in [1.165, 1.54) is 22.6 Å². The van der Waals surface area contributed by atoms with Crippen molar-refractivity contribution in [1.29, 1.82) is 0 Å². The van der Waals surface area contributed by atoms with Crippen molar-refractivity contribution in [1.82, 2.24) is 0 Å². The van der Waals surface area contributed by atoms with Crippen molar-refractivity contribution in [2.75, 3.05) is 5.73 Å². The largest absolute Gasteiger partial charge is 0.398 e. The highest BCUT2D eigenvalue weighted by Crippen LogP contribution is 2.33. The Kier molecular flexibility index (Phi) is 6.41. The lowest BCUT2D eigenvalue weighted by atomic mass is 9.97. The molecule has 174 valence electrons. The Morgan fingerprint density at radius 2 is 0.917 bits per heavy atom. The van der Waals surface area contributed by atoms with Crippen LogP contribution in [-0.2, 0) is 0 Å². The molecular formula is C32H24N2O2. The Morgan fingerprint density at radius 1 is 0.472 bits per heavy atom. The SMILES string of the molecule is Nc1cccc2c(-c3ccccc3)cccc12.O=[N+]([O-])c1cccc2c(-c3ccccc3)cccc12. The first-order valence-electron chi connectivity index (χ1n) is 11.7. The zero-order chi connectivity index (χ0) is 24.9. The van der Waals surface area contributed by atoms with E-state index < -0.39 is 0 Å². The van der Waals surface area contributed by atoms with E-state index in [1.807, 2.05) is 66.7 Å². The van der Waals surface area contributed by atoms with Crippen LogP contribution in [0.1, 0.15) is 0 Å². The molecule has 0 unspecified atom stereocenters. The van der Waals surface area contributed by atoms with Crippen molar-refractivity contribution < 1.29 is 4.92 Å². The second kappa shape index (κ2) is 10.1. The van der Waals surface area contributed by atoms with E-state index in [4.69, 9.17) is 5.73 Å². The van der Waals surface area contributed by atoms with E-state index in [9.17, 15) is 10.1 Å². The van der Waals surface area contributed by atoms with E-state index in [0.717, 1.165) is 27.6 Å². The summed E-state index contributed by atoms with van der Waals surface area (Å²) in [5, 5.41) is 15.0. The maximum absolute atomic E-state index is 11.1. The molecule has 6 aromatic rings. The van der Waals surface area contributed by atoms with Crippen LogP contribution in [0.3, 0.4) is 0 Å². The zero-order valence-corrected chi connectivity index (χ0v) is 19.5. The quantitative estimate of drug-likeness (QED) is 0.161. The van der Waals surface area contributed by atoms with Crippen LogP contribution in [0.2, 0.25) is 0 Å². The van der Waals surface area contributed by atoms with Gasteiger partial charge in [0.25, 0.3) is 5.69 Å². The van der Waals surface area contributed by atoms with Crippen molar-refractivity contribution in [3.05, 3.63) is 144 Å². The van der Waals surface area contributed by atoms with Crippen LogP contribution in [0, 0.1) is 10.1 Å². The van der Waals surface area contributed by atoms with Gasteiger partial charge in [-0.2, -0.15) is 0 Å².